The van der Waals surface area contributed by atoms with Crippen LogP contribution in [0.4, 0.5) is 5.69 Å². The summed E-state index contributed by atoms with van der Waals surface area (Å²) >= 11 is 0. The van der Waals surface area contributed by atoms with Crippen molar-refractivity contribution >= 4 is 35.6 Å². The summed E-state index contributed by atoms with van der Waals surface area (Å²) < 4.78 is 12.2. The van der Waals surface area contributed by atoms with Crippen molar-refractivity contribution in [2.24, 2.45) is 0 Å². The minimum Gasteiger partial charge on any atom is -0.490 e. The Kier molecular flexibility index (Phi) is 7.63. The van der Waals surface area contributed by atoms with E-state index in [1.54, 1.807) is 18.2 Å². The second-order valence-electron chi connectivity index (χ2n) is 7.74. The summed E-state index contributed by atoms with van der Waals surface area (Å²) in [6.45, 7) is 3.84. The molecule has 2 heterocycles. The Balaban J connectivity index is 0.000000913. The highest BCUT2D eigenvalue weighted by molar-refractivity contribution is 6.58. The van der Waals surface area contributed by atoms with E-state index in [1.807, 2.05) is 32.0 Å². The van der Waals surface area contributed by atoms with E-state index in [2.05, 4.69) is 10.2 Å². The molecule has 1 aliphatic heterocycles. The van der Waals surface area contributed by atoms with Crippen molar-refractivity contribution < 1.29 is 29.4 Å². The molecule has 1 saturated heterocycles. The van der Waals surface area contributed by atoms with Crippen molar-refractivity contribution in [2.45, 2.75) is 45.0 Å². The largest absolute Gasteiger partial charge is 0.490 e. The van der Waals surface area contributed by atoms with Gasteiger partial charge in [-0.25, -0.2) is 0 Å². The maximum Gasteiger partial charge on any atom is 0.488 e. The Morgan fingerprint density at radius 2 is 1.84 bits per heavy atom. The number of hydrogen-bond donors (Lipinski definition) is 4. The average Bonchev–Trinajstić information content (AvgIpc) is 2.73. The number of benzene rings is 2. The summed E-state index contributed by atoms with van der Waals surface area (Å²) in [6, 6.07) is 10.9. The van der Waals surface area contributed by atoms with Crippen LogP contribution in [0.2, 0.25) is 0 Å². The SMILES string of the molecule is C[C@@H]1CC(Oc2ccc(B(O)O)cc2-c2ccc3c(N)cnnc3c2)C[C@H](C)O1.O=CO. The van der Waals surface area contributed by atoms with Crippen molar-refractivity contribution in [3.05, 3.63) is 42.6 Å². The molecule has 1 aliphatic rings. The van der Waals surface area contributed by atoms with Crippen molar-refractivity contribution in [3.63, 3.8) is 0 Å². The van der Waals surface area contributed by atoms with Crippen LogP contribution in [-0.2, 0) is 9.53 Å². The average molecular weight is 439 g/mol. The van der Waals surface area contributed by atoms with Gasteiger partial charge in [-0.2, -0.15) is 10.2 Å². The number of fused-ring (bicyclic) bond motifs is 1. The smallest absolute Gasteiger partial charge is 0.488 e. The van der Waals surface area contributed by atoms with Gasteiger partial charge in [0, 0.05) is 23.8 Å². The molecule has 3 aromatic rings. The molecule has 0 aliphatic carbocycles. The predicted molar refractivity (Wildman–Crippen MR) is 122 cm³/mol. The number of carboxylic acid groups (broad SMARTS) is 1. The summed E-state index contributed by atoms with van der Waals surface area (Å²) in [5.74, 6) is 0.678. The van der Waals surface area contributed by atoms with Crippen LogP contribution in [0.3, 0.4) is 0 Å². The number of carbonyl (C=O) groups is 1. The molecule has 0 saturated carbocycles. The molecule has 5 N–H and O–H groups in total. The third kappa shape index (κ3) is 5.53. The van der Waals surface area contributed by atoms with E-state index >= 15 is 0 Å². The fourth-order valence-corrected chi connectivity index (χ4v) is 3.91. The number of anilines is 1. The van der Waals surface area contributed by atoms with Crippen molar-refractivity contribution in [1.82, 2.24) is 10.2 Å². The lowest BCUT2D eigenvalue weighted by Gasteiger charge is -2.32. The van der Waals surface area contributed by atoms with Crippen LogP contribution in [0.25, 0.3) is 22.0 Å². The third-order valence-corrected chi connectivity index (χ3v) is 5.23. The van der Waals surface area contributed by atoms with Gasteiger partial charge in [0.2, 0.25) is 0 Å². The summed E-state index contributed by atoms with van der Waals surface area (Å²) in [6.07, 6.45) is 3.40. The Hall–Kier alpha value is -3.21. The van der Waals surface area contributed by atoms with E-state index in [1.165, 1.54) is 6.20 Å². The molecule has 168 valence electrons. The van der Waals surface area contributed by atoms with Crippen LogP contribution in [0.15, 0.2) is 42.6 Å². The molecule has 1 aromatic heterocycles. The first-order valence-corrected chi connectivity index (χ1v) is 10.2. The molecular weight excluding hydrogens is 413 g/mol. The number of nitrogens with zero attached hydrogens (tertiary/aromatic N) is 2. The van der Waals surface area contributed by atoms with E-state index in [0.29, 0.717) is 22.4 Å². The molecule has 1 unspecified atom stereocenters. The molecule has 10 heteroatoms. The highest BCUT2D eigenvalue weighted by Gasteiger charge is 2.27. The van der Waals surface area contributed by atoms with Gasteiger partial charge in [-0.05, 0) is 43.1 Å². The normalized spacial score (nSPS) is 20.2. The van der Waals surface area contributed by atoms with Gasteiger partial charge in [0.1, 0.15) is 11.9 Å². The van der Waals surface area contributed by atoms with Gasteiger partial charge in [0.15, 0.2) is 0 Å². The minimum atomic E-state index is -1.57. The van der Waals surface area contributed by atoms with Crippen molar-refractivity contribution in [1.29, 1.82) is 0 Å². The van der Waals surface area contributed by atoms with Gasteiger partial charge in [0.25, 0.3) is 6.47 Å². The standard InChI is InChI=1S/C21H24BN3O4.CH2O2/c1-12-7-16(8-13(2)28-12)29-21-6-4-15(22(26)27)10-18(21)14-3-5-17-19(23)11-24-25-20(17)9-14;2-1-3/h3-6,9-13,16,26-27H,7-8H2,1-2H3,(H2,23,25);1H,(H,2,3)/t12-,13+,16?;. The zero-order valence-corrected chi connectivity index (χ0v) is 17.9. The van der Waals surface area contributed by atoms with Gasteiger partial charge in [0.05, 0.1) is 29.6 Å². The molecule has 0 radical (unpaired) electrons. The number of hydrogen-bond acceptors (Lipinski definition) is 8. The third-order valence-electron chi connectivity index (χ3n) is 5.23. The Morgan fingerprint density at radius 1 is 1.16 bits per heavy atom. The van der Waals surface area contributed by atoms with Gasteiger partial charge < -0.3 is 30.4 Å². The molecule has 1 fully saturated rings. The summed E-state index contributed by atoms with van der Waals surface area (Å²) in [4.78, 5) is 8.36. The Labute approximate surface area is 186 Å². The van der Waals surface area contributed by atoms with Gasteiger partial charge in [-0.15, -0.1) is 0 Å². The zero-order chi connectivity index (χ0) is 23.3. The lowest BCUT2D eigenvalue weighted by molar-refractivity contribution is -0.122. The number of ether oxygens (including phenoxy) is 2. The maximum atomic E-state index is 9.64. The Morgan fingerprint density at radius 3 is 2.50 bits per heavy atom. The first-order chi connectivity index (χ1) is 15.3. The molecule has 2 aromatic carbocycles. The lowest BCUT2D eigenvalue weighted by Crippen LogP contribution is -2.36. The van der Waals surface area contributed by atoms with Crippen LogP contribution in [0.1, 0.15) is 26.7 Å². The quantitative estimate of drug-likeness (QED) is 0.351. The Bertz CT molecular complexity index is 1070. The van der Waals surface area contributed by atoms with Crippen molar-refractivity contribution in [2.75, 3.05) is 5.73 Å². The highest BCUT2D eigenvalue weighted by Crippen LogP contribution is 2.34. The molecule has 9 nitrogen and oxygen atoms in total. The van der Waals surface area contributed by atoms with Crippen LogP contribution >= 0.6 is 0 Å². The highest BCUT2D eigenvalue weighted by atomic mass is 16.5. The van der Waals surface area contributed by atoms with E-state index < -0.39 is 7.12 Å². The monoisotopic (exact) mass is 439 g/mol. The fourth-order valence-electron chi connectivity index (χ4n) is 3.91. The van der Waals surface area contributed by atoms with E-state index in [0.717, 1.165) is 29.4 Å². The van der Waals surface area contributed by atoms with E-state index in [-0.39, 0.29) is 24.8 Å². The van der Waals surface area contributed by atoms with Crippen LogP contribution < -0.4 is 15.9 Å². The van der Waals surface area contributed by atoms with Gasteiger partial charge >= 0.3 is 7.12 Å². The summed E-state index contributed by atoms with van der Waals surface area (Å²) in [5.41, 5.74) is 9.19. The summed E-state index contributed by atoms with van der Waals surface area (Å²) in [7, 11) is -1.57. The second kappa shape index (κ2) is 10.4. The van der Waals surface area contributed by atoms with E-state index in [9.17, 15) is 10.0 Å². The number of aromatic nitrogens is 2. The first-order valence-electron chi connectivity index (χ1n) is 10.2. The fraction of sp³-hybridized carbons (Fsp3) is 0.318. The predicted octanol–water partition coefficient (Wildman–Crippen LogP) is 1.59. The maximum absolute atomic E-state index is 9.64. The molecule has 4 rings (SSSR count). The first kappa shape index (κ1) is 23.5. The molecule has 0 amide bonds. The van der Waals surface area contributed by atoms with Gasteiger partial charge in [-0.3, -0.25) is 4.79 Å². The topological polar surface area (TPSA) is 148 Å². The molecular formula is C22H26BN3O6. The van der Waals surface area contributed by atoms with E-state index in [4.69, 9.17) is 25.1 Å². The van der Waals surface area contributed by atoms with Crippen LogP contribution in [0, 0.1) is 0 Å². The number of nitrogen functional groups attached to an aromatic ring is 1. The molecule has 3 atom stereocenters. The van der Waals surface area contributed by atoms with Crippen LogP contribution in [0.5, 0.6) is 5.75 Å². The zero-order valence-electron chi connectivity index (χ0n) is 17.9. The van der Waals surface area contributed by atoms with Crippen molar-refractivity contribution in [3.8, 4) is 16.9 Å². The number of rotatable bonds is 4. The molecule has 32 heavy (non-hydrogen) atoms. The van der Waals surface area contributed by atoms with Crippen LogP contribution in [-0.4, -0.2) is 57.3 Å². The summed E-state index contributed by atoms with van der Waals surface area (Å²) in [5, 5.41) is 35.1. The lowest BCUT2D eigenvalue weighted by atomic mass is 9.79. The second-order valence-corrected chi connectivity index (χ2v) is 7.74. The molecule has 0 spiro atoms. The van der Waals surface area contributed by atoms with Gasteiger partial charge in [-0.1, -0.05) is 18.2 Å². The molecule has 0 bridgehead atoms. The number of nitrogens with two attached hydrogens (primary N) is 1. The minimum absolute atomic E-state index is 0.0216.